The van der Waals surface area contributed by atoms with Gasteiger partial charge in [-0.15, -0.1) is 0 Å². The molecule has 2 rings (SSSR count). The number of likely N-dealkylation sites (tertiary alicyclic amines) is 1. The summed E-state index contributed by atoms with van der Waals surface area (Å²) in [5.74, 6) is 0.846. The number of carbonyl (C=O) groups excluding carboxylic acids is 2. The summed E-state index contributed by atoms with van der Waals surface area (Å²) in [5, 5.41) is 2.92. The third kappa shape index (κ3) is 5.38. The molecule has 1 saturated heterocycles. The van der Waals surface area contributed by atoms with E-state index in [9.17, 15) is 9.59 Å². The standard InChI is InChI=1S/C19H28N2O2/c1-3-12-20-18(22)9-6-16-10-13-21(14-11-16)19(23)17-7-4-15(2)5-8-17/h4-5,7-8,16H,3,6,9-14H2,1-2H3,(H,20,22). The molecule has 0 unspecified atom stereocenters. The number of nitrogens with one attached hydrogen (secondary N) is 1. The van der Waals surface area contributed by atoms with Crippen LogP contribution in [0, 0.1) is 12.8 Å². The molecule has 4 heteroatoms. The van der Waals surface area contributed by atoms with Gasteiger partial charge in [0, 0.05) is 31.6 Å². The highest BCUT2D eigenvalue weighted by Crippen LogP contribution is 2.23. The molecule has 0 atom stereocenters. The lowest BCUT2D eigenvalue weighted by atomic mass is 9.91. The molecule has 23 heavy (non-hydrogen) atoms. The van der Waals surface area contributed by atoms with E-state index in [1.54, 1.807) is 0 Å². The molecular weight excluding hydrogens is 288 g/mol. The van der Waals surface area contributed by atoms with Crippen LogP contribution in [0.4, 0.5) is 0 Å². The van der Waals surface area contributed by atoms with Crippen LogP contribution in [0.1, 0.15) is 54.9 Å². The van der Waals surface area contributed by atoms with Gasteiger partial charge in [-0.3, -0.25) is 9.59 Å². The Kier molecular flexibility index (Phi) is 6.63. The highest BCUT2D eigenvalue weighted by atomic mass is 16.2. The molecule has 1 fully saturated rings. The SMILES string of the molecule is CCCNC(=O)CCC1CCN(C(=O)c2ccc(C)cc2)CC1. The number of hydrogen-bond acceptors (Lipinski definition) is 2. The van der Waals surface area contributed by atoms with Gasteiger partial charge in [-0.25, -0.2) is 0 Å². The Morgan fingerprint density at radius 2 is 1.83 bits per heavy atom. The quantitative estimate of drug-likeness (QED) is 0.876. The van der Waals surface area contributed by atoms with Crippen LogP contribution in [0.3, 0.4) is 0 Å². The Hall–Kier alpha value is -1.84. The third-order valence-electron chi connectivity index (χ3n) is 4.55. The van der Waals surface area contributed by atoms with Crippen molar-refractivity contribution < 1.29 is 9.59 Å². The van der Waals surface area contributed by atoms with Crippen molar-refractivity contribution in [3.63, 3.8) is 0 Å². The normalized spacial score (nSPS) is 15.5. The third-order valence-corrected chi connectivity index (χ3v) is 4.55. The second-order valence-corrected chi connectivity index (χ2v) is 6.49. The highest BCUT2D eigenvalue weighted by Gasteiger charge is 2.23. The van der Waals surface area contributed by atoms with Gasteiger partial charge in [-0.1, -0.05) is 24.6 Å². The van der Waals surface area contributed by atoms with E-state index in [1.165, 1.54) is 5.56 Å². The van der Waals surface area contributed by atoms with E-state index in [0.29, 0.717) is 12.3 Å². The van der Waals surface area contributed by atoms with E-state index in [4.69, 9.17) is 0 Å². The molecule has 0 aromatic heterocycles. The van der Waals surface area contributed by atoms with Gasteiger partial charge in [-0.2, -0.15) is 0 Å². The summed E-state index contributed by atoms with van der Waals surface area (Å²) in [5.41, 5.74) is 1.94. The number of hydrogen-bond donors (Lipinski definition) is 1. The molecule has 0 radical (unpaired) electrons. The monoisotopic (exact) mass is 316 g/mol. The summed E-state index contributed by atoms with van der Waals surface area (Å²) in [4.78, 5) is 26.1. The summed E-state index contributed by atoms with van der Waals surface area (Å²) in [6.07, 6.45) is 4.52. The van der Waals surface area contributed by atoms with Crippen molar-refractivity contribution in [1.29, 1.82) is 0 Å². The Morgan fingerprint density at radius 3 is 2.43 bits per heavy atom. The van der Waals surface area contributed by atoms with Gasteiger partial charge >= 0.3 is 0 Å². The summed E-state index contributed by atoms with van der Waals surface area (Å²) in [6, 6.07) is 7.77. The number of carbonyl (C=O) groups is 2. The van der Waals surface area contributed by atoms with Crippen LogP contribution in [-0.4, -0.2) is 36.3 Å². The topological polar surface area (TPSA) is 49.4 Å². The van der Waals surface area contributed by atoms with Gasteiger partial charge in [0.1, 0.15) is 0 Å². The van der Waals surface area contributed by atoms with Crippen LogP contribution in [0.5, 0.6) is 0 Å². The number of aryl methyl sites for hydroxylation is 1. The van der Waals surface area contributed by atoms with E-state index in [-0.39, 0.29) is 11.8 Å². The maximum Gasteiger partial charge on any atom is 0.253 e. The van der Waals surface area contributed by atoms with Crippen LogP contribution in [-0.2, 0) is 4.79 Å². The maximum absolute atomic E-state index is 12.5. The largest absolute Gasteiger partial charge is 0.356 e. The molecule has 4 nitrogen and oxygen atoms in total. The minimum absolute atomic E-state index is 0.129. The number of nitrogens with zero attached hydrogens (tertiary/aromatic N) is 1. The fourth-order valence-corrected chi connectivity index (χ4v) is 2.99. The molecule has 2 amide bonds. The van der Waals surface area contributed by atoms with Crippen LogP contribution < -0.4 is 5.32 Å². The van der Waals surface area contributed by atoms with E-state index < -0.39 is 0 Å². The Balaban J connectivity index is 1.74. The first-order valence-corrected chi connectivity index (χ1v) is 8.72. The summed E-state index contributed by atoms with van der Waals surface area (Å²) >= 11 is 0. The van der Waals surface area contributed by atoms with Crippen molar-refractivity contribution in [3.05, 3.63) is 35.4 Å². The van der Waals surface area contributed by atoms with Crippen molar-refractivity contribution in [3.8, 4) is 0 Å². The first-order chi connectivity index (χ1) is 11.1. The van der Waals surface area contributed by atoms with Gasteiger partial charge in [0.2, 0.25) is 5.91 Å². The Labute approximate surface area is 139 Å². The van der Waals surface area contributed by atoms with Crippen LogP contribution in [0.15, 0.2) is 24.3 Å². The van der Waals surface area contributed by atoms with E-state index in [1.807, 2.05) is 36.1 Å². The smallest absolute Gasteiger partial charge is 0.253 e. The minimum Gasteiger partial charge on any atom is -0.356 e. The van der Waals surface area contributed by atoms with Crippen LogP contribution in [0.2, 0.25) is 0 Å². The average Bonchev–Trinajstić information content (AvgIpc) is 2.58. The molecule has 1 aliphatic rings. The Bertz CT molecular complexity index is 517. The zero-order valence-corrected chi connectivity index (χ0v) is 14.3. The van der Waals surface area contributed by atoms with Crippen molar-refractivity contribution >= 4 is 11.8 Å². The van der Waals surface area contributed by atoms with Gasteiger partial charge in [0.25, 0.3) is 5.91 Å². The molecule has 1 aromatic carbocycles. The zero-order valence-electron chi connectivity index (χ0n) is 14.3. The van der Waals surface area contributed by atoms with E-state index in [2.05, 4.69) is 12.2 Å². The number of benzene rings is 1. The summed E-state index contributed by atoms with van der Waals surface area (Å²) < 4.78 is 0. The molecule has 1 aromatic rings. The molecule has 0 spiro atoms. The van der Waals surface area contributed by atoms with Crippen molar-refractivity contribution in [2.75, 3.05) is 19.6 Å². The van der Waals surface area contributed by atoms with Crippen molar-refractivity contribution in [2.45, 2.75) is 46.0 Å². The van der Waals surface area contributed by atoms with E-state index >= 15 is 0 Å². The summed E-state index contributed by atoms with van der Waals surface area (Å²) in [6.45, 7) is 6.45. The molecular formula is C19H28N2O2. The highest BCUT2D eigenvalue weighted by molar-refractivity contribution is 5.94. The first kappa shape index (κ1) is 17.5. The lowest BCUT2D eigenvalue weighted by Gasteiger charge is -2.32. The predicted octanol–water partition coefficient (Wildman–Crippen LogP) is 3.15. The zero-order chi connectivity index (χ0) is 16.7. The average molecular weight is 316 g/mol. The van der Waals surface area contributed by atoms with Crippen molar-refractivity contribution in [2.24, 2.45) is 5.92 Å². The first-order valence-electron chi connectivity index (χ1n) is 8.72. The fraction of sp³-hybridized carbons (Fsp3) is 0.579. The lowest BCUT2D eigenvalue weighted by Crippen LogP contribution is -2.38. The van der Waals surface area contributed by atoms with Gasteiger partial charge in [-0.05, 0) is 50.7 Å². The van der Waals surface area contributed by atoms with Gasteiger partial charge < -0.3 is 10.2 Å². The van der Waals surface area contributed by atoms with Crippen molar-refractivity contribution in [1.82, 2.24) is 10.2 Å². The molecule has 1 heterocycles. The molecule has 1 N–H and O–H groups in total. The van der Waals surface area contributed by atoms with E-state index in [0.717, 1.165) is 50.9 Å². The van der Waals surface area contributed by atoms with Gasteiger partial charge in [0.15, 0.2) is 0 Å². The Morgan fingerprint density at radius 1 is 1.17 bits per heavy atom. The fourth-order valence-electron chi connectivity index (χ4n) is 2.99. The molecule has 1 aliphatic heterocycles. The van der Waals surface area contributed by atoms with Gasteiger partial charge in [0.05, 0.1) is 0 Å². The number of piperidine rings is 1. The van der Waals surface area contributed by atoms with Crippen LogP contribution >= 0.6 is 0 Å². The molecule has 0 bridgehead atoms. The minimum atomic E-state index is 0.129. The predicted molar refractivity (Wildman–Crippen MR) is 92.3 cm³/mol. The lowest BCUT2D eigenvalue weighted by molar-refractivity contribution is -0.121. The second kappa shape index (κ2) is 8.70. The second-order valence-electron chi connectivity index (χ2n) is 6.49. The molecule has 0 saturated carbocycles. The van der Waals surface area contributed by atoms with Crippen LogP contribution in [0.25, 0.3) is 0 Å². The number of rotatable bonds is 6. The maximum atomic E-state index is 12.5. The molecule has 126 valence electrons. The molecule has 0 aliphatic carbocycles. The number of amides is 2. The summed E-state index contributed by atoms with van der Waals surface area (Å²) in [7, 11) is 0.